The zero-order valence-corrected chi connectivity index (χ0v) is 20.8. The summed E-state index contributed by atoms with van der Waals surface area (Å²) in [5.41, 5.74) is 1.89. The van der Waals surface area contributed by atoms with E-state index in [2.05, 4.69) is 4.98 Å². The quantitative estimate of drug-likeness (QED) is 0.307. The summed E-state index contributed by atoms with van der Waals surface area (Å²) in [5, 5.41) is 12.3. The number of aliphatic hydroxyl groups is 1. The summed E-state index contributed by atoms with van der Waals surface area (Å²) >= 11 is 11.8. The molecule has 34 heavy (non-hydrogen) atoms. The lowest BCUT2D eigenvalue weighted by Crippen LogP contribution is -2.28. The third-order valence-electron chi connectivity index (χ3n) is 4.66. The lowest BCUT2D eigenvalue weighted by molar-refractivity contribution is 0.0515. The lowest BCUT2D eigenvalue weighted by atomic mass is 10.2. The number of carbonyl (C=O) groups is 2. The van der Waals surface area contributed by atoms with E-state index >= 15 is 0 Å². The van der Waals surface area contributed by atoms with E-state index < -0.39 is 11.7 Å². The second-order valence-electron chi connectivity index (χ2n) is 8.45. The number of aromatic amines is 1. The Kier molecular flexibility index (Phi) is 7.92. The van der Waals surface area contributed by atoms with E-state index in [4.69, 9.17) is 32.7 Å². The highest BCUT2D eigenvalue weighted by Gasteiger charge is 2.21. The fourth-order valence-electron chi connectivity index (χ4n) is 3.31. The number of H-pyrrole nitrogens is 1. The van der Waals surface area contributed by atoms with Crippen LogP contribution < -0.4 is 0 Å². The molecule has 0 saturated heterocycles. The first kappa shape index (κ1) is 25.6. The number of carbonyl (C=O) groups excluding carboxylic acids is 2. The van der Waals surface area contributed by atoms with Crippen LogP contribution in [0.2, 0.25) is 10.0 Å². The van der Waals surface area contributed by atoms with E-state index in [9.17, 15) is 14.7 Å². The minimum absolute atomic E-state index is 0.245. The molecule has 0 aliphatic rings. The minimum Gasteiger partial charge on any atom is -0.461 e. The van der Waals surface area contributed by atoms with Crippen LogP contribution in [-0.4, -0.2) is 38.9 Å². The molecular weight excluding hydrogens is 479 g/mol. The molecule has 2 N–H and O–H groups in total. The summed E-state index contributed by atoms with van der Waals surface area (Å²) in [7, 11) is 0. The predicted molar refractivity (Wildman–Crippen MR) is 134 cm³/mol. The molecule has 180 valence electrons. The van der Waals surface area contributed by atoms with Gasteiger partial charge in [0.1, 0.15) is 11.3 Å². The number of esters is 1. The summed E-state index contributed by atoms with van der Waals surface area (Å²) in [6.45, 7) is 7.29. The number of aliphatic hydroxyl groups excluding tert-OH is 1. The van der Waals surface area contributed by atoms with Gasteiger partial charge in [-0.15, -0.1) is 0 Å². The van der Waals surface area contributed by atoms with Crippen molar-refractivity contribution in [2.75, 3.05) is 6.61 Å². The molecule has 2 aromatic carbocycles. The maximum absolute atomic E-state index is 12.2. The van der Waals surface area contributed by atoms with E-state index in [0.29, 0.717) is 33.6 Å². The van der Waals surface area contributed by atoms with Gasteiger partial charge < -0.3 is 19.6 Å². The number of nitrogens with one attached hydrogen (secondary N) is 1. The van der Waals surface area contributed by atoms with E-state index in [1.807, 2.05) is 6.07 Å². The number of halogens is 2. The monoisotopic (exact) mass is 504 g/mol. The fourth-order valence-corrected chi connectivity index (χ4v) is 3.67. The van der Waals surface area contributed by atoms with Crippen LogP contribution in [0, 0.1) is 0 Å². The second kappa shape index (κ2) is 10.5. The maximum Gasteiger partial charge on any atom is 0.419 e. The van der Waals surface area contributed by atoms with Crippen LogP contribution >= 0.6 is 23.2 Å². The van der Waals surface area contributed by atoms with Gasteiger partial charge in [-0.1, -0.05) is 23.2 Å². The molecule has 0 fully saturated rings. The standard InChI is InChI=1S/C14H16ClNO3.C11H10ClNO2/c1-14(2,3)19-13(18)16-11(8-17)7-9-6-10(15)4-5-12(9)16;1-2-15-11(14)10-6-7-5-8(12)3-4-9(7)13-10/h4-7,17H,8H2,1-3H3;3-6,13H,2H2,1H3. The molecule has 9 heteroatoms. The second-order valence-corrected chi connectivity index (χ2v) is 9.32. The molecule has 0 radical (unpaired) electrons. The van der Waals surface area contributed by atoms with Gasteiger partial charge in [-0.05, 0) is 76.2 Å². The van der Waals surface area contributed by atoms with Gasteiger partial charge in [-0.3, -0.25) is 0 Å². The van der Waals surface area contributed by atoms with Crippen LogP contribution in [0.4, 0.5) is 4.79 Å². The first-order valence-electron chi connectivity index (χ1n) is 10.6. The van der Waals surface area contributed by atoms with Crippen molar-refractivity contribution in [3.63, 3.8) is 0 Å². The zero-order chi connectivity index (χ0) is 25.0. The topological polar surface area (TPSA) is 93.5 Å². The highest BCUT2D eigenvalue weighted by molar-refractivity contribution is 6.31. The third-order valence-corrected chi connectivity index (χ3v) is 5.13. The molecule has 2 aromatic heterocycles. The normalized spacial score (nSPS) is 11.3. The van der Waals surface area contributed by atoms with Crippen molar-refractivity contribution in [3.8, 4) is 0 Å². The average Bonchev–Trinajstić information content (AvgIpc) is 3.33. The van der Waals surface area contributed by atoms with Gasteiger partial charge in [0.2, 0.25) is 0 Å². The third kappa shape index (κ3) is 6.11. The summed E-state index contributed by atoms with van der Waals surface area (Å²) in [6.07, 6.45) is -0.506. The number of hydrogen-bond acceptors (Lipinski definition) is 5. The molecule has 0 amide bonds. The molecule has 0 saturated carbocycles. The van der Waals surface area contributed by atoms with Crippen molar-refractivity contribution in [3.05, 3.63) is 70.0 Å². The highest BCUT2D eigenvalue weighted by Crippen LogP contribution is 2.25. The number of ether oxygens (including phenoxy) is 2. The van der Waals surface area contributed by atoms with Crippen LogP contribution in [0.25, 0.3) is 21.8 Å². The van der Waals surface area contributed by atoms with Crippen LogP contribution in [0.15, 0.2) is 48.5 Å². The van der Waals surface area contributed by atoms with Gasteiger partial charge >= 0.3 is 12.1 Å². The van der Waals surface area contributed by atoms with Crippen molar-refractivity contribution in [1.29, 1.82) is 0 Å². The van der Waals surface area contributed by atoms with Crippen molar-refractivity contribution in [2.45, 2.75) is 39.9 Å². The smallest absolute Gasteiger partial charge is 0.419 e. The van der Waals surface area contributed by atoms with Gasteiger partial charge in [0.05, 0.1) is 24.4 Å². The number of aromatic nitrogens is 2. The first-order chi connectivity index (χ1) is 16.0. The van der Waals surface area contributed by atoms with Gasteiger partial charge in [-0.25, -0.2) is 14.2 Å². The van der Waals surface area contributed by atoms with Crippen LogP contribution in [0.5, 0.6) is 0 Å². The maximum atomic E-state index is 12.2. The SMILES string of the molecule is CC(C)(C)OC(=O)n1c(CO)cc2cc(Cl)ccc21.CCOC(=O)c1cc2cc(Cl)ccc2[nH]1. The average molecular weight is 505 g/mol. The van der Waals surface area contributed by atoms with Gasteiger partial charge in [-0.2, -0.15) is 0 Å². The molecule has 0 spiro atoms. The predicted octanol–water partition coefficient (Wildman–Crippen LogP) is 6.57. The van der Waals surface area contributed by atoms with Gasteiger partial charge in [0.25, 0.3) is 0 Å². The number of nitrogens with zero attached hydrogens (tertiary/aromatic N) is 1. The molecule has 7 nitrogen and oxygen atoms in total. The molecule has 0 aliphatic carbocycles. The van der Waals surface area contributed by atoms with E-state index in [-0.39, 0.29) is 12.6 Å². The minimum atomic E-state index is -0.590. The Bertz CT molecular complexity index is 1330. The highest BCUT2D eigenvalue weighted by atomic mass is 35.5. The Labute approximate surface area is 207 Å². The number of fused-ring (bicyclic) bond motifs is 2. The number of rotatable bonds is 3. The Morgan fingerprint density at radius 2 is 1.65 bits per heavy atom. The van der Waals surface area contributed by atoms with Crippen LogP contribution in [0.3, 0.4) is 0 Å². The summed E-state index contributed by atoms with van der Waals surface area (Å²) in [6, 6.07) is 14.1. The van der Waals surface area contributed by atoms with Crippen molar-refractivity contribution in [2.24, 2.45) is 0 Å². The molecule has 0 unspecified atom stereocenters. The molecule has 0 bridgehead atoms. The van der Waals surface area contributed by atoms with E-state index in [1.165, 1.54) is 4.57 Å². The molecule has 4 aromatic rings. The largest absolute Gasteiger partial charge is 0.461 e. The van der Waals surface area contributed by atoms with Crippen molar-refractivity contribution < 1.29 is 24.2 Å². The van der Waals surface area contributed by atoms with Gasteiger partial charge in [0.15, 0.2) is 0 Å². The molecule has 2 heterocycles. The Morgan fingerprint density at radius 3 is 2.26 bits per heavy atom. The molecule has 4 rings (SSSR count). The van der Waals surface area contributed by atoms with E-state index in [0.717, 1.165) is 16.3 Å². The number of benzene rings is 2. The number of hydrogen-bond donors (Lipinski definition) is 2. The summed E-state index contributed by atoms with van der Waals surface area (Å²) in [4.78, 5) is 26.6. The van der Waals surface area contributed by atoms with E-state index in [1.54, 1.807) is 70.2 Å². The molecular formula is C25H26Cl2N2O5. The zero-order valence-electron chi connectivity index (χ0n) is 19.3. The Hall–Kier alpha value is -3.00. The molecule has 0 aliphatic heterocycles. The Balaban J connectivity index is 0.000000196. The fraction of sp³-hybridized carbons (Fsp3) is 0.280. The van der Waals surface area contributed by atoms with Crippen molar-refractivity contribution >= 4 is 57.1 Å². The first-order valence-corrected chi connectivity index (χ1v) is 11.4. The molecule has 0 atom stereocenters. The van der Waals surface area contributed by atoms with Crippen LogP contribution in [-0.2, 0) is 16.1 Å². The van der Waals surface area contributed by atoms with Crippen molar-refractivity contribution in [1.82, 2.24) is 9.55 Å². The summed E-state index contributed by atoms with van der Waals surface area (Å²) in [5.74, 6) is -0.343. The summed E-state index contributed by atoms with van der Waals surface area (Å²) < 4.78 is 11.6. The lowest BCUT2D eigenvalue weighted by Gasteiger charge is -2.20. The van der Waals surface area contributed by atoms with Crippen LogP contribution in [0.1, 0.15) is 43.9 Å². The van der Waals surface area contributed by atoms with Gasteiger partial charge in [0, 0.05) is 26.3 Å². The Morgan fingerprint density at radius 1 is 1.00 bits per heavy atom.